The third kappa shape index (κ3) is 5.89. The molecule has 0 saturated carbocycles. The molecule has 55 heavy (non-hydrogen) atoms. The van der Waals surface area contributed by atoms with Gasteiger partial charge in [-0.15, -0.1) is 0 Å². The molecular weight excluding hydrogens is 673 g/mol. The number of fused-ring (bicyclic) bond motifs is 4. The van der Waals surface area contributed by atoms with Crippen molar-refractivity contribution < 1.29 is 4.42 Å². The maximum Gasteiger partial charge on any atom is 0.164 e. The number of benzene rings is 8. The van der Waals surface area contributed by atoms with E-state index >= 15 is 0 Å². The van der Waals surface area contributed by atoms with Crippen LogP contribution in [-0.4, -0.2) is 15.0 Å². The lowest BCUT2D eigenvalue weighted by atomic mass is 9.96. The zero-order chi connectivity index (χ0) is 36.7. The van der Waals surface area contributed by atoms with Crippen LogP contribution in [0.25, 0.3) is 100 Å². The summed E-state index contributed by atoms with van der Waals surface area (Å²) in [6.45, 7) is 0. The van der Waals surface area contributed by atoms with Gasteiger partial charge in [0.05, 0.1) is 11.6 Å². The van der Waals surface area contributed by atoms with Crippen molar-refractivity contribution in [2.45, 2.75) is 0 Å². The zero-order valence-electron chi connectivity index (χ0n) is 29.5. The number of hydrogen-bond acceptors (Lipinski definition) is 5. The van der Waals surface area contributed by atoms with Crippen molar-refractivity contribution in [1.29, 1.82) is 5.26 Å². The van der Waals surface area contributed by atoms with Crippen LogP contribution in [0.4, 0.5) is 0 Å². The summed E-state index contributed by atoms with van der Waals surface area (Å²) in [5, 5.41) is 14.0. The highest BCUT2D eigenvalue weighted by Crippen LogP contribution is 2.39. The van der Waals surface area contributed by atoms with Crippen molar-refractivity contribution in [1.82, 2.24) is 15.0 Å². The van der Waals surface area contributed by atoms with Gasteiger partial charge in [-0.3, -0.25) is 0 Å². The molecule has 256 valence electrons. The summed E-state index contributed by atoms with van der Waals surface area (Å²) < 4.78 is 6.55. The van der Waals surface area contributed by atoms with Crippen molar-refractivity contribution in [3.63, 3.8) is 0 Å². The van der Waals surface area contributed by atoms with Crippen molar-refractivity contribution in [3.8, 4) is 73.6 Å². The molecule has 0 aliphatic rings. The first-order valence-electron chi connectivity index (χ1n) is 18.2. The molecule has 2 aromatic heterocycles. The minimum atomic E-state index is 0.546. The average molecular weight is 703 g/mol. The smallest absolute Gasteiger partial charge is 0.164 e. The third-order valence-electron chi connectivity index (χ3n) is 10.2. The molecule has 2 heterocycles. The molecule has 10 aromatic rings. The molecule has 0 amide bonds. The molecule has 0 saturated heterocycles. The van der Waals surface area contributed by atoms with E-state index in [-0.39, 0.29) is 0 Å². The Labute approximate surface area is 317 Å². The van der Waals surface area contributed by atoms with Gasteiger partial charge in [0.2, 0.25) is 0 Å². The Hall–Kier alpha value is -7.68. The molecule has 5 heteroatoms. The van der Waals surface area contributed by atoms with Crippen LogP contribution in [0.3, 0.4) is 0 Å². The van der Waals surface area contributed by atoms with Gasteiger partial charge in [-0.25, -0.2) is 15.0 Å². The summed E-state index contributed by atoms with van der Waals surface area (Å²) in [5.41, 5.74) is 11.2. The predicted molar refractivity (Wildman–Crippen MR) is 222 cm³/mol. The number of nitrogens with zero attached hydrogens (tertiary/aromatic N) is 4. The molecule has 0 N–H and O–H groups in total. The Morgan fingerprint density at radius 2 is 0.982 bits per heavy atom. The minimum Gasteiger partial charge on any atom is -0.456 e. The second-order valence-corrected chi connectivity index (χ2v) is 13.5. The van der Waals surface area contributed by atoms with Crippen molar-refractivity contribution >= 4 is 32.7 Å². The molecule has 0 unspecified atom stereocenters. The number of nitriles is 1. The normalized spacial score (nSPS) is 11.3. The lowest BCUT2D eigenvalue weighted by Gasteiger charge is -2.10. The van der Waals surface area contributed by atoms with E-state index in [2.05, 4.69) is 109 Å². The standard InChI is InChI=1S/C50H30N4O/c51-31-41-14-6-7-17-42(41)34-21-23-35(24-22-34)48-52-49(39-25-20-33-12-4-5-13-36(33)29-39)54-50(53-48)40-26-27-44-46(30-40)55-45-19-9-18-43(47(44)45)38-16-8-15-37(28-38)32-10-2-1-3-11-32/h1-30H. The van der Waals surface area contributed by atoms with E-state index in [1.54, 1.807) is 0 Å². The van der Waals surface area contributed by atoms with Gasteiger partial charge in [-0.1, -0.05) is 146 Å². The number of aromatic nitrogens is 3. The van der Waals surface area contributed by atoms with E-state index in [0.717, 1.165) is 71.7 Å². The lowest BCUT2D eigenvalue weighted by Crippen LogP contribution is -2.00. The van der Waals surface area contributed by atoms with E-state index in [1.807, 2.05) is 78.9 Å². The summed E-state index contributed by atoms with van der Waals surface area (Å²) in [5.74, 6) is 1.68. The van der Waals surface area contributed by atoms with Crippen molar-refractivity contribution in [2.24, 2.45) is 0 Å². The molecule has 0 bridgehead atoms. The molecule has 10 rings (SSSR count). The van der Waals surface area contributed by atoms with E-state index in [9.17, 15) is 5.26 Å². The second-order valence-electron chi connectivity index (χ2n) is 13.5. The maximum absolute atomic E-state index is 9.69. The SMILES string of the molecule is N#Cc1ccccc1-c1ccc(-c2nc(-c3ccc4ccccc4c3)nc(-c3ccc4c(c3)oc3cccc(-c5cccc(-c6ccccc6)c5)c34)n2)cc1. The Balaban J connectivity index is 1.09. The van der Waals surface area contributed by atoms with E-state index in [0.29, 0.717) is 23.0 Å². The highest BCUT2D eigenvalue weighted by Gasteiger charge is 2.17. The highest BCUT2D eigenvalue weighted by atomic mass is 16.3. The van der Waals surface area contributed by atoms with Crippen molar-refractivity contribution in [3.05, 3.63) is 188 Å². The molecule has 0 spiro atoms. The van der Waals surface area contributed by atoms with Gasteiger partial charge in [0.15, 0.2) is 17.5 Å². The molecule has 0 aliphatic carbocycles. The monoisotopic (exact) mass is 702 g/mol. The maximum atomic E-state index is 9.69. The van der Waals surface area contributed by atoms with E-state index in [4.69, 9.17) is 19.4 Å². The molecule has 0 atom stereocenters. The lowest BCUT2D eigenvalue weighted by molar-refractivity contribution is 0.669. The first kappa shape index (κ1) is 32.0. The zero-order valence-corrected chi connectivity index (χ0v) is 29.5. The Kier molecular flexibility index (Phi) is 7.79. The van der Waals surface area contributed by atoms with Gasteiger partial charge >= 0.3 is 0 Å². The van der Waals surface area contributed by atoms with Crippen LogP contribution in [0, 0.1) is 11.3 Å². The Morgan fingerprint density at radius 1 is 0.382 bits per heavy atom. The molecule has 5 nitrogen and oxygen atoms in total. The summed E-state index contributed by atoms with van der Waals surface area (Å²) in [6, 6.07) is 64.1. The van der Waals surface area contributed by atoms with E-state index in [1.165, 1.54) is 11.1 Å². The van der Waals surface area contributed by atoms with Crippen LogP contribution < -0.4 is 0 Å². The van der Waals surface area contributed by atoms with Gasteiger partial charge in [0.1, 0.15) is 11.2 Å². The van der Waals surface area contributed by atoms with Crippen LogP contribution in [0.2, 0.25) is 0 Å². The number of hydrogen-bond donors (Lipinski definition) is 0. The van der Waals surface area contributed by atoms with Gasteiger partial charge in [-0.05, 0) is 80.6 Å². The molecular formula is C50H30N4O. The van der Waals surface area contributed by atoms with Gasteiger partial charge in [0, 0.05) is 27.5 Å². The topological polar surface area (TPSA) is 75.6 Å². The summed E-state index contributed by atoms with van der Waals surface area (Å²) >= 11 is 0. The van der Waals surface area contributed by atoms with Crippen LogP contribution in [0.15, 0.2) is 186 Å². The fourth-order valence-corrected chi connectivity index (χ4v) is 7.43. The molecule has 0 aliphatic heterocycles. The third-order valence-corrected chi connectivity index (χ3v) is 10.2. The Morgan fingerprint density at radius 3 is 1.80 bits per heavy atom. The largest absolute Gasteiger partial charge is 0.456 e. The molecule has 0 radical (unpaired) electrons. The first-order valence-corrected chi connectivity index (χ1v) is 18.2. The summed E-state index contributed by atoms with van der Waals surface area (Å²) in [4.78, 5) is 15.1. The quantitative estimate of drug-likeness (QED) is 0.172. The van der Waals surface area contributed by atoms with Gasteiger partial charge in [-0.2, -0.15) is 5.26 Å². The number of furan rings is 1. The minimum absolute atomic E-state index is 0.546. The predicted octanol–water partition coefficient (Wildman–Crippen LogP) is 12.8. The highest BCUT2D eigenvalue weighted by molar-refractivity contribution is 6.13. The average Bonchev–Trinajstić information content (AvgIpc) is 3.65. The van der Waals surface area contributed by atoms with Crippen LogP contribution in [0.1, 0.15) is 5.56 Å². The van der Waals surface area contributed by atoms with Gasteiger partial charge < -0.3 is 4.42 Å². The fraction of sp³-hybridized carbons (Fsp3) is 0. The van der Waals surface area contributed by atoms with E-state index < -0.39 is 0 Å². The molecule has 0 fully saturated rings. The number of rotatable bonds is 6. The van der Waals surface area contributed by atoms with Crippen molar-refractivity contribution in [2.75, 3.05) is 0 Å². The second kappa shape index (κ2) is 13.4. The Bertz CT molecular complexity index is 3100. The fourth-order valence-electron chi connectivity index (χ4n) is 7.43. The van der Waals surface area contributed by atoms with Crippen LogP contribution >= 0.6 is 0 Å². The summed E-state index contributed by atoms with van der Waals surface area (Å²) in [7, 11) is 0. The van der Waals surface area contributed by atoms with Gasteiger partial charge in [0.25, 0.3) is 0 Å². The summed E-state index contributed by atoms with van der Waals surface area (Å²) in [6.07, 6.45) is 0. The first-order chi connectivity index (χ1) is 27.2. The van der Waals surface area contributed by atoms with Crippen LogP contribution in [-0.2, 0) is 0 Å². The van der Waals surface area contributed by atoms with Crippen LogP contribution in [0.5, 0.6) is 0 Å². The molecule has 8 aromatic carbocycles.